The van der Waals surface area contributed by atoms with Crippen LogP contribution in [0.15, 0.2) is 12.4 Å². The van der Waals surface area contributed by atoms with Crippen molar-refractivity contribution in [3.8, 4) is 0 Å². The number of hydrogen-bond acceptors (Lipinski definition) is 4. The van der Waals surface area contributed by atoms with Crippen LogP contribution in [0.2, 0.25) is 0 Å². The van der Waals surface area contributed by atoms with Crippen molar-refractivity contribution in [2.45, 2.75) is 19.5 Å². The van der Waals surface area contributed by atoms with Gasteiger partial charge in [-0.05, 0) is 13.5 Å². The molecule has 17 heavy (non-hydrogen) atoms. The highest BCUT2D eigenvalue weighted by Gasteiger charge is 2.06. The summed E-state index contributed by atoms with van der Waals surface area (Å²) in [4.78, 5) is 15.8. The Kier molecular flexibility index (Phi) is 6.27. The highest BCUT2D eigenvalue weighted by Crippen LogP contribution is 1.96. The van der Waals surface area contributed by atoms with Crippen LogP contribution in [0.4, 0.5) is 0 Å². The van der Waals surface area contributed by atoms with Gasteiger partial charge in [0.2, 0.25) is 5.91 Å². The van der Waals surface area contributed by atoms with Gasteiger partial charge in [-0.2, -0.15) is 0 Å². The van der Waals surface area contributed by atoms with Gasteiger partial charge in [0.25, 0.3) is 0 Å². The zero-order valence-electron chi connectivity index (χ0n) is 10.4. The van der Waals surface area contributed by atoms with Crippen molar-refractivity contribution in [2.75, 3.05) is 27.3 Å². The third-order valence-corrected chi connectivity index (χ3v) is 2.30. The number of imidazole rings is 1. The van der Waals surface area contributed by atoms with Crippen molar-refractivity contribution in [3.63, 3.8) is 0 Å². The first-order chi connectivity index (χ1) is 8.27. The van der Waals surface area contributed by atoms with Crippen molar-refractivity contribution in [1.29, 1.82) is 0 Å². The van der Waals surface area contributed by atoms with Crippen molar-refractivity contribution >= 4 is 5.91 Å². The lowest BCUT2D eigenvalue weighted by Crippen LogP contribution is -2.29. The Morgan fingerprint density at radius 1 is 1.59 bits per heavy atom. The minimum Gasteiger partial charge on any atom is -0.385 e. The number of methoxy groups -OCH3 is 1. The fourth-order valence-corrected chi connectivity index (χ4v) is 1.46. The van der Waals surface area contributed by atoms with E-state index in [0.29, 0.717) is 26.2 Å². The average molecular weight is 240 g/mol. The molecular weight excluding hydrogens is 220 g/mol. The molecular formula is C11H20N4O2. The summed E-state index contributed by atoms with van der Waals surface area (Å²) in [5.74, 6) is 0.857. The van der Waals surface area contributed by atoms with E-state index < -0.39 is 0 Å². The Bertz CT molecular complexity index is 338. The molecule has 0 spiro atoms. The van der Waals surface area contributed by atoms with E-state index in [-0.39, 0.29) is 5.91 Å². The van der Waals surface area contributed by atoms with Crippen LogP contribution in [-0.2, 0) is 22.6 Å². The van der Waals surface area contributed by atoms with Gasteiger partial charge < -0.3 is 19.9 Å². The molecule has 1 aromatic heterocycles. The summed E-state index contributed by atoms with van der Waals surface area (Å²) >= 11 is 0. The van der Waals surface area contributed by atoms with Crippen LogP contribution >= 0.6 is 0 Å². The fourth-order valence-electron chi connectivity index (χ4n) is 1.46. The van der Waals surface area contributed by atoms with Gasteiger partial charge in [0.15, 0.2) is 0 Å². The highest BCUT2D eigenvalue weighted by atomic mass is 16.5. The topological polar surface area (TPSA) is 68.2 Å². The summed E-state index contributed by atoms with van der Waals surface area (Å²) in [6.45, 7) is 2.27. The largest absolute Gasteiger partial charge is 0.385 e. The summed E-state index contributed by atoms with van der Waals surface area (Å²) in [6.07, 6.45) is 4.34. The predicted octanol–water partition coefficient (Wildman–Crippen LogP) is -0.245. The molecule has 2 N–H and O–H groups in total. The molecule has 6 heteroatoms. The zero-order valence-corrected chi connectivity index (χ0v) is 10.4. The third kappa shape index (κ3) is 4.97. The molecule has 0 aliphatic carbocycles. The maximum atomic E-state index is 11.6. The van der Waals surface area contributed by atoms with Crippen molar-refractivity contribution in [3.05, 3.63) is 18.2 Å². The zero-order chi connectivity index (χ0) is 12.5. The van der Waals surface area contributed by atoms with E-state index in [1.54, 1.807) is 19.5 Å². The smallest absolute Gasteiger partial charge is 0.239 e. The third-order valence-electron chi connectivity index (χ3n) is 2.30. The Labute approximate surface area is 101 Å². The van der Waals surface area contributed by atoms with Gasteiger partial charge in [0.05, 0.1) is 6.54 Å². The van der Waals surface area contributed by atoms with Gasteiger partial charge in [0.1, 0.15) is 12.4 Å². The van der Waals surface area contributed by atoms with Gasteiger partial charge in [-0.15, -0.1) is 0 Å². The summed E-state index contributed by atoms with van der Waals surface area (Å²) < 4.78 is 6.74. The lowest BCUT2D eigenvalue weighted by molar-refractivity contribution is -0.121. The SMILES string of the molecule is CNCc1nccn1CC(=O)NCCCOC. The van der Waals surface area contributed by atoms with E-state index in [0.717, 1.165) is 12.2 Å². The van der Waals surface area contributed by atoms with E-state index >= 15 is 0 Å². The second kappa shape index (κ2) is 7.81. The number of ether oxygens (including phenoxy) is 1. The molecule has 1 heterocycles. The van der Waals surface area contributed by atoms with Crippen LogP contribution < -0.4 is 10.6 Å². The van der Waals surface area contributed by atoms with E-state index in [9.17, 15) is 4.79 Å². The maximum Gasteiger partial charge on any atom is 0.239 e. The molecule has 0 saturated heterocycles. The maximum absolute atomic E-state index is 11.6. The standard InChI is InChI=1S/C11H20N4O2/c1-12-8-10-13-5-6-15(10)9-11(16)14-4-3-7-17-2/h5-6,12H,3-4,7-9H2,1-2H3,(H,14,16). The number of rotatable bonds is 8. The van der Waals surface area contributed by atoms with Crippen LogP contribution in [-0.4, -0.2) is 42.8 Å². The van der Waals surface area contributed by atoms with E-state index in [1.807, 2.05) is 11.6 Å². The Morgan fingerprint density at radius 2 is 2.41 bits per heavy atom. The molecule has 0 aliphatic rings. The number of aromatic nitrogens is 2. The number of amides is 1. The van der Waals surface area contributed by atoms with Crippen LogP contribution in [0.5, 0.6) is 0 Å². The van der Waals surface area contributed by atoms with Gasteiger partial charge in [0, 0.05) is 32.7 Å². The summed E-state index contributed by atoms with van der Waals surface area (Å²) in [5.41, 5.74) is 0. The molecule has 0 saturated carbocycles. The minimum atomic E-state index is -0.00328. The fraction of sp³-hybridized carbons (Fsp3) is 0.636. The van der Waals surface area contributed by atoms with Gasteiger partial charge in [-0.25, -0.2) is 4.98 Å². The van der Waals surface area contributed by atoms with Crippen LogP contribution in [0.3, 0.4) is 0 Å². The van der Waals surface area contributed by atoms with Gasteiger partial charge >= 0.3 is 0 Å². The average Bonchev–Trinajstić information content (AvgIpc) is 2.73. The van der Waals surface area contributed by atoms with Crippen LogP contribution in [0.1, 0.15) is 12.2 Å². The van der Waals surface area contributed by atoms with Crippen molar-refractivity contribution in [2.24, 2.45) is 0 Å². The lowest BCUT2D eigenvalue weighted by Gasteiger charge is -2.08. The van der Waals surface area contributed by atoms with Crippen LogP contribution in [0, 0.1) is 0 Å². The number of carbonyl (C=O) groups is 1. The number of nitrogens with one attached hydrogen (secondary N) is 2. The molecule has 0 radical (unpaired) electrons. The van der Waals surface area contributed by atoms with Gasteiger partial charge in [-0.3, -0.25) is 4.79 Å². The normalized spacial score (nSPS) is 10.5. The molecule has 0 unspecified atom stereocenters. The summed E-state index contributed by atoms with van der Waals surface area (Å²) in [6, 6.07) is 0. The number of carbonyl (C=O) groups excluding carboxylic acids is 1. The monoisotopic (exact) mass is 240 g/mol. The molecule has 1 aromatic rings. The molecule has 96 valence electrons. The molecule has 1 amide bonds. The Hall–Kier alpha value is -1.40. The quantitative estimate of drug-likeness (QED) is 0.615. The first-order valence-corrected chi connectivity index (χ1v) is 5.68. The lowest BCUT2D eigenvalue weighted by atomic mass is 10.4. The molecule has 0 bridgehead atoms. The molecule has 1 rings (SSSR count). The van der Waals surface area contributed by atoms with Gasteiger partial charge in [-0.1, -0.05) is 0 Å². The Balaban J connectivity index is 2.31. The molecule has 0 atom stereocenters. The Morgan fingerprint density at radius 3 is 3.12 bits per heavy atom. The summed E-state index contributed by atoms with van der Waals surface area (Å²) in [5, 5.41) is 5.85. The second-order valence-corrected chi connectivity index (χ2v) is 3.70. The van der Waals surface area contributed by atoms with E-state index in [4.69, 9.17) is 4.74 Å². The van der Waals surface area contributed by atoms with E-state index in [1.165, 1.54) is 0 Å². The number of nitrogens with zero attached hydrogens (tertiary/aromatic N) is 2. The second-order valence-electron chi connectivity index (χ2n) is 3.70. The highest BCUT2D eigenvalue weighted by molar-refractivity contribution is 5.75. The molecule has 0 aliphatic heterocycles. The molecule has 0 aromatic carbocycles. The summed E-state index contributed by atoms with van der Waals surface area (Å²) in [7, 11) is 3.50. The molecule has 0 fully saturated rings. The first kappa shape index (κ1) is 13.7. The minimum absolute atomic E-state index is 0.00328. The van der Waals surface area contributed by atoms with Crippen LogP contribution in [0.25, 0.3) is 0 Å². The predicted molar refractivity (Wildman–Crippen MR) is 64.5 cm³/mol. The van der Waals surface area contributed by atoms with Crippen molar-refractivity contribution < 1.29 is 9.53 Å². The van der Waals surface area contributed by atoms with Crippen molar-refractivity contribution in [1.82, 2.24) is 20.2 Å². The van der Waals surface area contributed by atoms with E-state index in [2.05, 4.69) is 15.6 Å². The molecule has 6 nitrogen and oxygen atoms in total. The first-order valence-electron chi connectivity index (χ1n) is 5.68. The number of hydrogen-bond donors (Lipinski definition) is 2.